The molecule has 0 heterocycles. The van der Waals surface area contributed by atoms with Crippen LogP contribution in [0.3, 0.4) is 0 Å². The Morgan fingerprint density at radius 3 is 1.30 bits per heavy atom. The minimum Gasteiger partial charge on any atom is 3.00 e. The maximum Gasteiger partial charge on any atom is 3.00 e. The Balaban J connectivity index is -0.000000125. The SMILES string of the molecule is CNC[C@H](O)[C@@H](O)[C@H](O)[C@H](O)CO.O=C([O-])[C@H](O)[C@@H](O)[C@H](O)[C@H](O)CO.[Na+].[O]=[Sb]([O-])([O-])[O-].[Sb+3]. The molecule has 0 aliphatic carbocycles. The zero-order valence-electron chi connectivity index (χ0n) is 17.6. The van der Waals surface area contributed by atoms with Gasteiger partial charge in [-0.15, -0.1) is 0 Å². The standard InChI is InChI=1S/C7H17NO5.C6H12O7.Na.4O.2Sb/c1-8-2-4(10)6(12)7(13)5(11)3-9;7-1-2(8)3(9)4(10)5(11)6(12)13;;;;;;;/h4-13H,2-3H2,1H3;2-5,7-11H,1H2,(H,12,13);;;;;;;/q;;+1;;3*-1;;+3/p-1/t4-,5+,6+,7+;2-,3-,4+,5-;;;;;;;/m01......./s1. The number of aliphatic hydroxyl groups is 10. The van der Waals surface area contributed by atoms with Crippen molar-refractivity contribution in [3.8, 4) is 0 Å². The number of rotatable bonds is 11. The summed E-state index contributed by atoms with van der Waals surface area (Å²) in [5, 5.41) is 101. The molecular weight excluding hydrogens is 693 g/mol. The first kappa shape index (κ1) is 44.3. The molecule has 0 amide bonds. The zero-order chi connectivity index (χ0) is 25.5. The van der Waals surface area contributed by atoms with Gasteiger partial charge in [0.2, 0.25) is 0 Å². The van der Waals surface area contributed by atoms with Crippen LogP contribution in [-0.2, 0) is 7.81 Å². The van der Waals surface area contributed by atoms with E-state index >= 15 is 0 Å². The Morgan fingerprint density at radius 2 is 1.06 bits per heavy atom. The van der Waals surface area contributed by atoms with Gasteiger partial charge < -0.3 is 66.3 Å². The average Bonchev–Trinajstić information content (AvgIpc) is 2.68. The summed E-state index contributed by atoms with van der Waals surface area (Å²) in [6, 6.07) is 0. The van der Waals surface area contributed by atoms with Crippen molar-refractivity contribution in [3.05, 3.63) is 0 Å². The first-order valence-corrected chi connectivity index (χ1v) is 12.4. The molecule has 0 aromatic heterocycles. The Labute approximate surface area is 233 Å². The van der Waals surface area contributed by atoms with E-state index in [1.165, 1.54) is 0 Å². The van der Waals surface area contributed by atoms with Gasteiger partial charge in [-0.25, -0.2) is 0 Å². The fourth-order valence-electron chi connectivity index (χ4n) is 1.55. The predicted octanol–water partition coefficient (Wildman–Crippen LogP) is -15.6. The van der Waals surface area contributed by atoms with Crippen LogP contribution < -0.4 is 50.1 Å². The Morgan fingerprint density at radius 1 is 0.788 bits per heavy atom. The molecule has 33 heavy (non-hydrogen) atoms. The molecule has 0 spiro atoms. The van der Waals surface area contributed by atoms with E-state index in [4.69, 9.17) is 59.1 Å². The molecule has 192 valence electrons. The molecule has 0 unspecified atom stereocenters. The molecule has 0 aliphatic rings. The molecule has 0 saturated carbocycles. The second kappa shape index (κ2) is 23.7. The number of aliphatic hydroxyl groups excluding tert-OH is 10. The number of carbonyl (C=O) groups excluding carboxylic acids is 1. The van der Waals surface area contributed by atoms with Crippen molar-refractivity contribution in [1.82, 2.24) is 5.32 Å². The van der Waals surface area contributed by atoms with Crippen molar-refractivity contribution < 1.29 is 104 Å². The van der Waals surface area contributed by atoms with Crippen LogP contribution >= 0.6 is 0 Å². The molecule has 0 aromatic carbocycles. The molecule has 0 saturated heterocycles. The first-order valence-electron chi connectivity index (χ1n) is 8.20. The molecule has 0 aliphatic heterocycles. The third-order valence-corrected chi connectivity index (χ3v) is 3.23. The summed E-state index contributed by atoms with van der Waals surface area (Å²) in [5.41, 5.74) is 0. The summed E-state index contributed by atoms with van der Waals surface area (Å²) >= 11 is -6.10. The number of nitrogens with one attached hydrogen (secondary N) is 1. The molecule has 2 radical (unpaired) electrons. The molecule has 0 rings (SSSR count). The van der Waals surface area contributed by atoms with Gasteiger partial charge >= 0.3 is 87.2 Å². The number of carboxylic acids is 1. The minimum atomic E-state index is -6.10. The van der Waals surface area contributed by atoms with E-state index in [-0.39, 0.29) is 60.5 Å². The maximum absolute atomic E-state index is 9.98. The molecule has 0 fully saturated rings. The van der Waals surface area contributed by atoms with Gasteiger partial charge in [0.15, 0.2) is 0 Å². The summed E-state index contributed by atoms with van der Waals surface area (Å²) in [5.74, 6) is -1.98. The molecule has 11 N–H and O–H groups in total. The molecule has 0 aromatic rings. The van der Waals surface area contributed by atoms with E-state index in [0.717, 1.165) is 0 Å². The minimum absolute atomic E-state index is 0. The number of aliphatic carboxylic acids is 1. The number of carboxylic acid groups (broad SMARTS) is 1. The van der Waals surface area contributed by atoms with E-state index in [1.54, 1.807) is 7.05 Å². The van der Waals surface area contributed by atoms with Gasteiger partial charge in [0.05, 0.1) is 25.3 Å². The molecule has 20 heteroatoms. The smallest absolute Gasteiger partial charge is 3.00 e. The topological polar surface area (TPSA) is 341 Å². The number of hydrogen-bond donors (Lipinski definition) is 11. The van der Waals surface area contributed by atoms with Crippen molar-refractivity contribution in [2.75, 3.05) is 26.8 Å². The number of carbonyl (C=O) groups is 1. The van der Waals surface area contributed by atoms with Crippen LogP contribution in [0.5, 0.6) is 0 Å². The van der Waals surface area contributed by atoms with Gasteiger partial charge in [-0.3, -0.25) is 0 Å². The summed E-state index contributed by atoms with van der Waals surface area (Å²) in [6.07, 6.45) is -13.7. The Bertz CT molecular complexity index is 509. The van der Waals surface area contributed by atoms with Crippen LogP contribution in [0.1, 0.15) is 0 Å². The van der Waals surface area contributed by atoms with Crippen molar-refractivity contribution in [3.63, 3.8) is 0 Å². The molecule has 8 atom stereocenters. The van der Waals surface area contributed by atoms with Crippen molar-refractivity contribution in [2.45, 2.75) is 48.8 Å². The first-order chi connectivity index (χ1) is 14.0. The molecular formula is C13H28NNaO16Sb2. The van der Waals surface area contributed by atoms with Crippen LogP contribution in [0.25, 0.3) is 0 Å². The van der Waals surface area contributed by atoms with E-state index < -0.39 is 88.1 Å². The number of likely N-dealkylation sites (N-methyl/N-ethyl adjacent to an activating group) is 1. The van der Waals surface area contributed by atoms with E-state index in [9.17, 15) is 15.0 Å². The van der Waals surface area contributed by atoms with Crippen LogP contribution in [-0.4, -0.2) is 177 Å². The normalized spacial score (nSPS) is 18.0. The second-order valence-electron chi connectivity index (χ2n) is 5.80. The van der Waals surface area contributed by atoms with Crippen molar-refractivity contribution in [1.29, 1.82) is 0 Å². The maximum atomic E-state index is 9.98. The fraction of sp³-hybridized carbons (Fsp3) is 0.923. The third-order valence-electron chi connectivity index (χ3n) is 3.23. The van der Waals surface area contributed by atoms with Crippen LogP contribution in [0.15, 0.2) is 0 Å². The van der Waals surface area contributed by atoms with Crippen molar-refractivity contribution >= 4 is 50.5 Å². The molecule has 17 nitrogen and oxygen atoms in total. The van der Waals surface area contributed by atoms with Gasteiger partial charge in [-0.1, -0.05) is 0 Å². The van der Waals surface area contributed by atoms with Gasteiger partial charge in [0.1, 0.15) is 42.7 Å². The van der Waals surface area contributed by atoms with Crippen LogP contribution in [0, 0.1) is 0 Å². The van der Waals surface area contributed by atoms with Gasteiger partial charge in [-0.2, -0.15) is 0 Å². The Hall–Kier alpha value is 1.35. The monoisotopic (exact) mass is 719 g/mol. The number of hydrogen-bond acceptors (Lipinski definition) is 17. The van der Waals surface area contributed by atoms with Gasteiger partial charge in [0, 0.05) is 6.54 Å². The average molecular weight is 721 g/mol. The van der Waals surface area contributed by atoms with Gasteiger partial charge in [-0.05, 0) is 7.05 Å². The quantitative estimate of drug-likeness (QED) is 0.0883. The van der Waals surface area contributed by atoms with Crippen molar-refractivity contribution in [2.24, 2.45) is 0 Å². The van der Waals surface area contributed by atoms with Crippen LogP contribution in [0.2, 0.25) is 0 Å². The van der Waals surface area contributed by atoms with Crippen LogP contribution in [0.4, 0.5) is 0 Å². The summed E-state index contributed by atoms with van der Waals surface area (Å²) in [6.45, 7) is -1.43. The second-order valence-corrected chi connectivity index (χ2v) is 8.35. The predicted molar refractivity (Wildman–Crippen MR) is 93.4 cm³/mol. The summed E-state index contributed by atoms with van der Waals surface area (Å²) < 4.78 is 34.6. The zero-order valence-corrected chi connectivity index (χ0v) is 24.7. The van der Waals surface area contributed by atoms with E-state index in [2.05, 4.69) is 5.32 Å². The Kier molecular flexibility index (Phi) is 31.9. The summed E-state index contributed by atoms with van der Waals surface area (Å²) in [4.78, 5) is 9.98. The third kappa shape index (κ3) is 24.8. The summed E-state index contributed by atoms with van der Waals surface area (Å²) in [7, 11) is 1.57. The van der Waals surface area contributed by atoms with E-state index in [1.807, 2.05) is 0 Å². The fourth-order valence-corrected chi connectivity index (χ4v) is 1.55. The molecule has 0 bridgehead atoms. The largest absolute Gasteiger partial charge is 3.00 e. The van der Waals surface area contributed by atoms with E-state index in [0.29, 0.717) is 0 Å². The van der Waals surface area contributed by atoms with Gasteiger partial charge in [0.25, 0.3) is 0 Å².